The predicted molar refractivity (Wildman–Crippen MR) is 150 cm³/mol. The Bertz CT molecular complexity index is 1800. The fourth-order valence-corrected chi connectivity index (χ4v) is 5.71. The van der Waals surface area contributed by atoms with Crippen LogP contribution in [0.2, 0.25) is 0 Å². The monoisotopic (exact) mass is 577 g/mol. The van der Waals surface area contributed by atoms with Gasteiger partial charge in [-0.1, -0.05) is 6.92 Å². The van der Waals surface area contributed by atoms with Crippen molar-refractivity contribution in [2.75, 3.05) is 18.2 Å². The van der Waals surface area contributed by atoms with Gasteiger partial charge in [0, 0.05) is 24.4 Å². The van der Waals surface area contributed by atoms with E-state index >= 15 is 0 Å². The summed E-state index contributed by atoms with van der Waals surface area (Å²) >= 11 is 0. The summed E-state index contributed by atoms with van der Waals surface area (Å²) in [5.41, 5.74) is 2.72. The average molecular weight is 578 g/mol. The topological polar surface area (TPSA) is 168 Å². The van der Waals surface area contributed by atoms with Gasteiger partial charge in [0.25, 0.3) is 5.56 Å². The van der Waals surface area contributed by atoms with Gasteiger partial charge in [-0.25, -0.2) is 43.3 Å². The normalized spacial score (nSPS) is 16.1. The molecule has 0 aliphatic heterocycles. The molecule has 2 fully saturated rings. The third kappa shape index (κ3) is 5.11. The Labute approximate surface area is 236 Å². The second-order valence-corrected chi connectivity index (χ2v) is 12.8. The van der Waals surface area contributed by atoms with E-state index in [9.17, 15) is 13.2 Å². The maximum Gasteiger partial charge on any atom is 0.295 e. The van der Waals surface area contributed by atoms with Crippen LogP contribution in [0.15, 0.2) is 28.4 Å². The van der Waals surface area contributed by atoms with E-state index in [1.165, 1.54) is 18.7 Å². The first-order valence-electron chi connectivity index (χ1n) is 13.7. The minimum atomic E-state index is -3.41. The van der Waals surface area contributed by atoms with Gasteiger partial charge >= 0.3 is 0 Å². The summed E-state index contributed by atoms with van der Waals surface area (Å²) in [5, 5.41) is 3.06. The number of ether oxygens (including phenoxy) is 1. The molecule has 2 aliphatic carbocycles. The Morgan fingerprint density at radius 3 is 2.44 bits per heavy atom. The van der Waals surface area contributed by atoms with Gasteiger partial charge in [0.2, 0.25) is 5.88 Å². The van der Waals surface area contributed by atoms with Crippen molar-refractivity contribution >= 4 is 26.8 Å². The Morgan fingerprint density at radius 1 is 1.07 bits per heavy atom. The number of nitrogens with zero attached hydrogens (tertiary/aromatic N) is 8. The maximum absolute atomic E-state index is 13.9. The maximum atomic E-state index is 13.9. The van der Waals surface area contributed by atoms with Gasteiger partial charge in [0.05, 0.1) is 30.8 Å². The molecule has 41 heavy (non-hydrogen) atoms. The van der Waals surface area contributed by atoms with Crippen LogP contribution in [0.3, 0.4) is 0 Å². The highest BCUT2D eigenvalue weighted by molar-refractivity contribution is 7.91. The van der Waals surface area contributed by atoms with E-state index in [1.807, 2.05) is 13.8 Å². The molecule has 6 rings (SSSR count). The van der Waals surface area contributed by atoms with Crippen molar-refractivity contribution < 1.29 is 13.2 Å². The van der Waals surface area contributed by atoms with Crippen LogP contribution in [0.5, 0.6) is 5.88 Å². The van der Waals surface area contributed by atoms with Gasteiger partial charge in [-0.05, 0) is 45.4 Å². The zero-order valence-electron chi connectivity index (χ0n) is 23.3. The van der Waals surface area contributed by atoms with Crippen LogP contribution in [0.25, 0.3) is 22.6 Å². The molecule has 0 saturated heterocycles. The van der Waals surface area contributed by atoms with E-state index in [0.717, 1.165) is 31.4 Å². The van der Waals surface area contributed by atoms with Crippen molar-refractivity contribution in [3.05, 3.63) is 46.3 Å². The highest BCUT2D eigenvalue weighted by Gasteiger charge is 2.34. The van der Waals surface area contributed by atoms with Crippen molar-refractivity contribution in [1.29, 1.82) is 0 Å². The molecule has 0 radical (unpaired) electrons. The van der Waals surface area contributed by atoms with Gasteiger partial charge in [-0.15, -0.1) is 0 Å². The lowest BCUT2D eigenvalue weighted by Gasteiger charge is -2.20. The fourth-order valence-electron chi connectivity index (χ4n) is 4.95. The molecule has 2 aliphatic rings. The first kappa shape index (κ1) is 27.1. The predicted octanol–water partition coefficient (Wildman–Crippen LogP) is 3.00. The summed E-state index contributed by atoms with van der Waals surface area (Å²) in [6, 6.07) is -0.109. The molecule has 4 aromatic heterocycles. The lowest BCUT2D eigenvalue weighted by molar-refractivity contribution is 0.397. The van der Waals surface area contributed by atoms with E-state index in [-0.39, 0.29) is 34.6 Å². The first-order valence-corrected chi connectivity index (χ1v) is 15.3. The second kappa shape index (κ2) is 10.4. The van der Waals surface area contributed by atoms with E-state index in [2.05, 4.69) is 30.2 Å². The molecule has 0 amide bonds. The molecular formula is C27H31N9O4S. The molecular weight excluding hydrogens is 546 g/mol. The van der Waals surface area contributed by atoms with Crippen molar-refractivity contribution in [3.63, 3.8) is 0 Å². The molecule has 13 nitrogen and oxygen atoms in total. The number of hydrogen-bond acceptors (Lipinski definition) is 12. The number of fused-ring (bicyclic) bond motifs is 1. The van der Waals surface area contributed by atoms with Crippen molar-refractivity contribution in [3.8, 4) is 17.3 Å². The molecule has 4 aromatic rings. The number of aryl methyl sites for hydroxylation is 1. The van der Waals surface area contributed by atoms with E-state index in [0.29, 0.717) is 51.8 Å². The average Bonchev–Trinajstić information content (AvgIpc) is 3.89. The molecule has 0 spiro atoms. The number of nitrogens with one attached hydrogen (secondary N) is 1. The summed E-state index contributed by atoms with van der Waals surface area (Å²) in [6.07, 6.45) is 8.17. The van der Waals surface area contributed by atoms with E-state index in [4.69, 9.17) is 14.7 Å². The Kier molecular flexibility index (Phi) is 6.88. The minimum absolute atomic E-state index is 0.0389. The quantitative estimate of drug-likeness (QED) is 0.293. The number of sulfone groups is 1. The van der Waals surface area contributed by atoms with E-state index < -0.39 is 9.84 Å². The summed E-state index contributed by atoms with van der Waals surface area (Å²) in [7, 11) is -1.85. The highest BCUT2D eigenvalue weighted by Crippen LogP contribution is 2.45. The molecule has 1 unspecified atom stereocenters. The van der Waals surface area contributed by atoms with Crippen LogP contribution >= 0.6 is 0 Å². The minimum Gasteiger partial charge on any atom is -0.480 e. The van der Waals surface area contributed by atoms with Gasteiger partial charge in [-0.2, -0.15) is 0 Å². The van der Waals surface area contributed by atoms with Crippen LogP contribution < -0.4 is 15.6 Å². The molecule has 0 bridgehead atoms. The molecule has 214 valence electrons. The molecule has 1 N–H and O–H groups in total. The number of aromatic nitrogens is 8. The first-order chi connectivity index (χ1) is 19.7. The van der Waals surface area contributed by atoms with E-state index in [1.54, 1.807) is 18.6 Å². The summed E-state index contributed by atoms with van der Waals surface area (Å²) in [6.45, 7) is 5.51. The third-order valence-corrected chi connectivity index (χ3v) is 9.37. The molecule has 1 atom stereocenters. The largest absolute Gasteiger partial charge is 0.480 e. The van der Waals surface area contributed by atoms with Crippen LogP contribution in [0.4, 0.5) is 5.82 Å². The van der Waals surface area contributed by atoms with Crippen LogP contribution in [-0.4, -0.2) is 60.7 Å². The van der Waals surface area contributed by atoms with Crippen molar-refractivity contribution in [2.45, 2.75) is 69.9 Å². The zero-order chi connectivity index (χ0) is 28.9. The third-order valence-electron chi connectivity index (χ3n) is 7.68. The van der Waals surface area contributed by atoms with Crippen molar-refractivity contribution in [2.24, 2.45) is 5.92 Å². The Balaban J connectivity index is 1.43. The van der Waals surface area contributed by atoms with Crippen LogP contribution in [0.1, 0.15) is 68.7 Å². The number of anilines is 1. The molecule has 4 heterocycles. The molecule has 0 aromatic carbocycles. The SMILES string of the molecule is CCS(=O)(=O)c1cnc(CNc2nc3c(C)nc(-c4c(OC)ncnc4C4CC4)nc3n(C(C)C3CC3)c2=O)nc1. The summed E-state index contributed by atoms with van der Waals surface area (Å²) in [4.78, 5) is 45.4. The van der Waals surface area contributed by atoms with Crippen molar-refractivity contribution in [1.82, 2.24) is 39.5 Å². The number of hydrogen-bond donors (Lipinski definition) is 1. The zero-order valence-corrected chi connectivity index (χ0v) is 24.1. The fraction of sp³-hybridized carbons (Fsp3) is 0.481. The molecule has 2 saturated carbocycles. The van der Waals surface area contributed by atoms with Gasteiger partial charge in [0.15, 0.2) is 27.1 Å². The van der Waals surface area contributed by atoms with Crippen LogP contribution in [0, 0.1) is 12.8 Å². The molecule has 14 heteroatoms. The lowest BCUT2D eigenvalue weighted by Crippen LogP contribution is -2.30. The van der Waals surface area contributed by atoms with Crippen LogP contribution in [-0.2, 0) is 16.4 Å². The Morgan fingerprint density at radius 2 is 1.80 bits per heavy atom. The van der Waals surface area contributed by atoms with Gasteiger partial charge in [0.1, 0.15) is 28.1 Å². The summed E-state index contributed by atoms with van der Waals surface area (Å²) < 4.78 is 31.4. The second-order valence-electron chi connectivity index (χ2n) is 10.5. The summed E-state index contributed by atoms with van der Waals surface area (Å²) in [5.74, 6) is 1.88. The highest BCUT2D eigenvalue weighted by atomic mass is 32.2. The van der Waals surface area contributed by atoms with Gasteiger partial charge < -0.3 is 10.1 Å². The standard InChI is InChI=1S/C27H31N9O4S/c1-5-41(38,39)18-10-28-19(29-11-18)12-30-24-27(37)36(15(3)16-6-7-16)25-21(34-24)14(2)33-23(35-25)20-22(17-8-9-17)31-13-32-26(20)40-4/h10-11,13,15-17H,5-9,12H2,1-4H3,(H,30,34). The number of rotatable bonds is 10. The van der Waals surface area contributed by atoms with Gasteiger partial charge in [-0.3, -0.25) is 9.36 Å². The Hall–Kier alpha value is -4.07. The number of methoxy groups -OCH3 is 1. The lowest BCUT2D eigenvalue weighted by atomic mass is 10.1. The smallest absolute Gasteiger partial charge is 0.295 e.